The van der Waals surface area contributed by atoms with Gasteiger partial charge in [0.05, 0.1) is 23.7 Å². The van der Waals surface area contributed by atoms with Gasteiger partial charge in [-0.1, -0.05) is 12.1 Å². The Morgan fingerprint density at radius 3 is 2.47 bits per heavy atom. The Balaban J connectivity index is 1.66. The van der Waals surface area contributed by atoms with Gasteiger partial charge in [0.1, 0.15) is 11.5 Å². The monoisotopic (exact) mass is 431 g/mol. The number of thiophene rings is 1. The molecule has 9 nitrogen and oxygen atoms in total. The Morgan fingerprint density at radius 2 is 1.80 bits per heavy atom. The van der Waals surface area contributed by atoms with Gasteiger partial charge in [-0.2, -0.15) is 0 Å². The highest BCUT2D eigenvalue weighted by Gasteiger charge is 2.22. The Kier molecular flexibility index (Phi) is 6.06. The number of carbonyl (C=O) groups excluding carboxylic acids is 3. The molecule has 0 atom stereocenters. The number of esters is 2. The number of carbonyl (C=O) groups is 3. The van der Waals surface area contributed by atoms with E-state index in [1.165, 1.54) is 27.6 Å². The Morgan fingerprint density at radius 1 is 1.13 bits per heavy atom. The maximum Gasteiger partial charge on any atom is 0.341 e. The molecular formula is C20H21N3O6S. The quantitative estimate of drug-likeness (QED) is 0.598. The number of fused-ring (bicyclic) bond motifs is 1. The minimum Gasteiger partial charge on any atom is -0.465 e. The van der Waals surface area contributed by atoms with E-state index >= 15 is 0 Å². The lowest BCUT2D eigenvalue weighted by molar-refractivity contribution is -0.147. The molecule has 0 aliphatic heterocycles. The van der Waals surface area contributed by atoms with Crippen molar-refractivity contribution in [3.8, 4) is 0 Å². The van der Waals surface area contributed by atoms with Crippen LogP contribution in [0.2, 0.25) is 0 Å². The van der Waals surface area contributed by atoms with Crippen molar-refractivity contribution in [3.05, 3.63) is 50.8 Å². The normalized spacial score (nSPS) is 10.8. The largest absolute Gasteiger partial charge is 0.465 e. The molecule has 3 rings (SSSR count). The second kappa shape index (κ2) is 8.54. The molecule has 0 spiro atoms. The van der Waals surface area contributed by atoms with E-state index in [1.54, 1.807) is 38.2 Å². The van der Waals surface area contributed by atoms with Gasteiger partial charge < -0.3 is 14.8 Å². The van der Waals surface area contributed by atoms with E-state index in [4.69, 9.17) is 9.47 Å². The van der Waals surface area contributed by atoms with E-state index in [0.717, 1.165) is 10.4 Å². The zero-order valence-electron chi connectivity index (χ0n) is 17.0. The van der Waals surface area contributed by atoms with E-state index in [2.05, 4.69) is 5.32 Å². The first-order valence-corrected chi connectivity index (χ1v) is 9.84. The van der Waals surface area contributed by atoms with E-state index in [9.17, 15) is 19.2 Å². The number of aromatic nitrogens is 2. The van der Waals surface area contributed by atoms with Gasteiger partial charge in [0.25, 0.3) is 5.91 Å². The predicted octanol–water partition coefficient (Wildman–Crippen LogP) is 1.99. The van der Waals surface area contributed by atoms with Gasteiger partial charge in [-0.25, -0.2) is 9.59 Å². The van der Waals surface area contributed by atoms with Crippen molar-refractivity contribution < 1.29 is 23.9 Å². The molecule has 1 amide bonds. The molecule has 3 aromatic rings. The molecule has 0 unspecified atom stereocenters. The van der Waals surface area contributed by atoms with E-state index < -0.39 is 24.5 Å². The van der Waals surface area contributed by atoms with Crippen LogP contribution in [-0.4, -0.2) is 40.7 Å². The van der Waals surface area contributed by atoms with Crippen LogP contribution in [-0.2, 0) is 32.7 Å². The lowest BCUT2D eigenvalue weighted by Gasteiger charge is -2.08. The number of amides is 1. The highest BCUT2D eigenvalue weighted by molar-refractivity contribution is 7.16. The smallest absolute Gasteiger partial charge is 0.341 e. The van der Waals surface area contributed by atoms with Crippen LogP contribution in [0.3, 0.4) is 0 Å². The number of anilines is 1. The predicted molar refractivity (Wildman–Crippen MR) is 112 cm³/mol. The Labute approximate surface area is 175 Å². The fraction of sp³-hybridized carbons (Fsp3) is 0.300. The van der Waals surface area contributed by atoms with Gasteiger partial charge in [-0.15, -0.1) is 11.3 Å². The highest BCUT2D eigenvalue weighted by atomic mass is 32.1. The first-order valence-electron chi connectivity index (χ1n) is 9.02. The van der Waals surface area contributed by atoms with Crippen LogP contribution in [0, 0.1) is 13.8 Å². The van der Waals surface area contributed by atoms with Crippen molar-refractivity contribution in [2.75, 3.05) is 19.0 Å². The first kappa shape index (κ1) is 21.3. The molecule has 0 aliphatic rings. The minimum atomic E-state index is -0.727. The van der Waals surface area contributed by atoms with Gasteiger partial charge >= 0.3 is 17.6 Å². The second-order valence-corrected chi connectivity index (χ2v) is 7.83. The van der Waals surface area contributed by atoms with E-state index in [0.29, 0.717) is 16.0 Å². The van der Waals surface area contributed by atoms with Crippen LogP contribution in [0.25, 0.3) is 11.0 Å². The molecule has 0 fully saturated rings. The highest BCUT2D eigenvalue weighted by Crippen LogP contribution is 2.32. The van der Waals surface area contributed by atoms with Crippen LogP contribution >= 0.6 is 11.3 Å². The molecule has 0 bridgehead atoms. The first-order chi connectivity index (χ1) is 14.2. The van der Waals surface area contributed by atoms with Crippen molar-refractivity contribution in [1.29, 1.82) is 0 Å². The fourth-order valence-electron chi connectivity index (χ4n) is 3.06. The average Bonchev–Trinajstić information content (AvgIpc) is 3.14. The summed E-state index contributed by atoms with van der Waals surface area (Å²) in [5.41, 5.74) is 1.92. The fourth-order valence-corrected chi connectivity index (χ4v) is 4.13. The molecule has 0 saturated heterocycles. The summed E-state index contributed by atoms with van der Waals surface area (Å²) in [7, 11) is 2.88. The van der Waals surface area contributed by atoms with E-state index in [1.807, 2.05) is 6.92 Å². The molecule has 0 saturated carbocycles. The number of aryl methyl sites for hydroxylation is 2. The number of nitrogens with one attached hydrogen (secondary N) is 1. The van der Waals surface area contributed by atoms with E-state index in [-0.39, 0.29) is 17.8 Å². The van der Waals surface area contributed by atoms with Gasteiger partial charge in [0.2, 0.25) is 0 Å². The minimum absolute atomic E-state index is 0.280. The Bertz CT molecular complexity index is 1200. The summed E-state index contributed by atoms with van der Waals surface area (Å²) in [5.74, 6) is -1.88. The third kappa shape index (κ3) is 3.99. The molecule has 1 aromatic carbocycles. The lowest BCUT2D eigenvalue weighted by atomic mass is 10.1. The third-order valence-electron chi connectivity index (χ3n) is 4.73. The molecule has 2 aromatic heterocycles. The summed E-state index contributed by atoms with van der Waals surface area (Å²) in [6.45, 7) is 2.72. The SMILES string of the molecule is COC(=O)c1c(NC(=O)COC(=O)Cn2c(=O)n(C)c3ccccc32)sc(C)c1C. The summed E-state index contributed by atoms with van der Waals surface area (Å²) in [6.07, 6.45) is 0. The van der Waals surface area contributed by atoms with Crippen molar-refractivity contribution in [2.45, 2.75) is 20.4 Å². The standard InChI is InChI=1S/C20H21N3O6S/c1-11-12(2)30-18(17(11)19(26)28-4)21-15(24)10-29-16(25)9-23-14-8-6-5-7-13(14)22(3)20(23)27/h5-8H,9-10H2,1-4H3,(H,21,24). The number of rotatable bonds is 6. The maximum atomic E-state index is 12.4. The number of benzene rings is 1. The van der Waals surface area contributed by atoms with Crippen molar-refractivity contribution in [2.24, 2.45) is 7.05 Å². The molecule has 158 valence electrons. The van der Waals surface area contributed by atoms with Crippen LogP contribution in [0.15, 0.2) is 29.1 Å². The summed E-state index contributed by atoms with van der Waals surface area (Å²) in [6, 6.07) is 7.06. The molecular weight excluding hydrogens is 410 g/mol. The molecule has 2 heterocycles. The topological polar surface area (TPSA) is 109 Å². The molecule has 30 heavy (non-hydrogen) atoms. The van der Waals surface area contributed by atoms with Gasteiger partial charge in [-0.05, 0) is 31.5 Å². The van der Waals surface area contributed by atoms with Crippen LogP contribution in [0.1, 0.15) is 20.8 Å². The molecule has 10 heteroatoms. The Hall–Kier alpha value is -3.40. The lowest BCUT2D eigenvalue weighted by Crippen LogP contribution is -2.28. The number of para-hydroxylation sites is 2. The molecule has 1 N–H and O–H groups in total. The zero-order chi connectivity index (χ0) is 22.0. The third-order valence-corrected chi connectivity index (χ3v) is 5.85. The number of hydrogen-bond acceptors (Lipinski definition) is 7. The summed E-state index contributed by atoms with van der Waals surface area (Å²) < 4.78 is 12.5. The summed E-state index contributed by atoms with van der Waals surface area (Å²) >= 11 is 1.23. The number of hydrogen-bond donors (Lipinski definition) is 1. The van der Waals surface area contributed by atoms with Crippen molar-refractivity contribution in [1.82, 2.24) is 9.13 Å². The van der Waals surface area contributed by atoms with Gasteiger partial charge in [0, 0.05) is 11.9 Å². The average molecular weight is 431 g/mol. The van der Waals surface area contributed by atoms with Gasteiger partial charge in [0.15, 0.2) is 6.61 Å². The number of ether oxygens (including phenoxy) is 2. The molecule has 0 radical (unpaired) electrons. The summed E-state index contributed by atoms with van der Waals surface area (Å²) in [4.78, 5) is 49.6. The summed E-state index contributed by atoms with van der Waals surface area (Å²) in [5, 5.41) is 2.92. The molecule has 0 aliphatic carbocycles. The van der Waals surface area contributed by atoms with Crippen molar-refractivity contribution >= 4 is 45.2 Å². The zero-order valence-corrected chi connectivity index (χ0v) is 17.8. The van der Waals surface area contributed by atoms with Crippen molar-refractivity contribution in [3.63, 3.8) is 0 Å². The van der Waals surface area contributed by atoms with Gasteiger partial charge in [-0.3, -0.25) is 18.7 Å². The number of methoxy groups -OCH3 is 1. The van der Waals surface area contributed by atoms with Crippen LogP contribution in [0.4, 0.5) is 5.00 Å². The number of imidazole rings is 1. The maximum absolute atomic E-state index is 12.4. The van der Waals surface area contributed by atoms with Crippen LogP contribution in [0.5, 0.6) is 0 Å². The number of nitrogens with zero attached hydrogens (tertiary/aromatic N) is 2. The second-order valence-electron chi connectivity index (χ2n) is 6.60. The van der Waals surface area contributed by atoms with Crippen LogP contribution < -0.4 is 11.0 Å².